The van der Waals surface area contributed by atoms with Crippen molar-refractivity contribution in [2.45, 2.75) is 19.2 Å². The Morgan fingerprint density at radius 1 is 1.27 bits per heavy atom. The van der Waals surface area contributed by atoms with Crippen LogP contribution >= 0.6 is 11.6 Å². The van der Waals surface area contributed by atoms with Crippen LogP contribution in [0.1, 0.15) is 34.8 Å². The summed E-state index contributed by atoms with van der Waals surface area (Å²) >= 11 is 5.89. The molecule has 1 aromatic heterocycles. The maximum atomic E-state index is 12.9. The average Bonchev–Trinajstić information content (AvgIpc) is 3.18. The third-order valence-corrected chi connectivity index (χ3v) is 4.23. The molecule has 2 aromatic carbocycles. The van der Waals surface area contributed by atoms with Gasteiger partial charge in [-0.15, -0.1) is 0 Å². The molecule has 156 valence electrons. The summed E-state index contributed by atoms with van der Waals surface area (Å²) in [7, 11) is 0. The fourth-order valence-electron chi connectivity index (χ4n) is 2.41. The van der Waals surface area contributed by atoms with Crippen LogP contribution < -0.4 is 0 Å². The van der Waals surface area contributed by atoms with Crippen LogP contribution in [-0.4, -0.2) is 21.0 Å². The number of carbonyl (C=O) groups is 1. The van der Waals surface area contributed by atoms with Gasteiger partial charge in [0.2, 0.25) is 5.82 Å². The van der Waals surface area contributed by atoms with Gasteiger partial charge in [-0.3, -0.25) is 10.1 Å². The maximum absolute atomic E-state index is 12.9. The maximum Gasteiger partial charge on any atom is 0.416 e. The molecule has 3 rings (SSSR count). The number of halogens is 4. The van der Waals surface area contributed by atoms with E-state index in [0.717, 1.165) is 24.3 Å². The molecule has 1 unspecified atom stereocenters. The number of esters is 1. The zero-order valence-corrected chi connectivity index (χ0v) is 15.8. The highest BCUT2D eigenvalue weighted by Gasteiger charge is 2.31. The van der Waals surface area contributed by atoms with Crippen molar-refractivity contribution < 1.29 is 32.1 Å². The Morgan fingerprint density at radius 3 is 2.67 bits per heavy atom. The molecule has 0 spiro atoms. The molecule has 0 aliphatic carbocycles. The van der Waals surface area contributed by atoms with Crippen molar-refractivity contribution in [3.63, 3.8) is 0 Å². The number of hydrogen-bond donors (Lipinski definition) is 0. The van der Waals surface area contributed by atoms with E-state index in [1.54, 1.807) is 0 Å². The van der Waals surface area contributed by atoms with Crippen LogP contribution in [0.15, 0.2) is 47.0 Å². The highest BCUT2D eigenvalue weighted by atomic mass is 35.5. The Balaban J connectivity index is 1.79. The Hall–Kier alpha value is -3.47. The van der Waals surface area contributed by atoms with Gasteiger partial charge < -0.3 is 9.26 Å². The number of nitro groups is 1. The summed E-state index contributed by atoms with van der Waals surface area (Å²) in [6.07, 6.45) is -5.64. The lowest BCUT2D eigenvalue weighted by Crippen LogP contribution is -2.10. The van der Waals surface area contributed by atoms with E-state index in [9.17, 15) is 28.1 Å². The van der Waals surface area contributed by atoms with E-state index in [1.807, 2.05) is 0 Å². The van der Waals surface area contributed by atoms with Gasteiger partial charge in [0.15, 0.2) is 6.10 Å². The fraction of sp³-hybridized carbons (Fsp3) is 0.167. The highest BCUT2D eigenvalue weighted by Crippen LogP contribution is 2.32. The zero-order valence-electron chi connectivity index (χ0n) is 15.0. The normalized spacial score (nSPS) is 12.4. The molecular formula is C18H11ClF3N3O5. The fourth-order valence-corrected chi connectivity index (χ4v) is 2.60. The summed E-state index contributed by atoms with van der Waals surface area (Å²) in [6, 6.07) is 7.58. The summed E-state index contributed by atoms with van der Waals surface area (Å²) in [5.74, 6) is -1.29. The first kappa shape index (κ1) is 21.2. The van der Waals surface area contributed by atoms with Crippen LogP contribution in [0.3, 0.4) is 0 Å². The lowest BCUT2D eigenvalue weighted by Gasteiger charge is -2.10. The third kappa shape index (κ3) is 4.57. The van der Waals surface area contributed by atoms with E-state index in [1.165, 1.54) is 25.1 Å². The molecule has 0 amide bonds. The Bertz CT molecular complexity index is 1120. The second-order valence-corrected chi connectivity index (χ2v) is 6.41. The predicted octanol–water partition coefficient (Wildman–Crippen LogP) is 5.24. The summed E-state index contributed by atoms with van der Waals surface area (Å²) in [5.41, 5.74) is -1.43. The topological polar surface area (TPSA) is 108 Å². The van der Waals surface area contributed by atoms with Crippen molar-refractivity contribution in [1.82, 2.24) is 10.1 Å². The van der Waals surface area contributed by atoms with Gasteiger partial charge in [-0.2, -0.15) is 18.2 Å². The number of benzene rings is 2. The van der Waals surface area contributed by atoms with Gasteiger partial charge in [0.25, 0.3) is 11.6 Å². The first-order valence-electron chi connectivity index (χ1n) is 8.22. The van der Waals surface area contributed by atoms with E-state index in [2.05, 4.69) is 10.1 Å². The van der Waals surface area contributed by atoms with E-state index in [0.29, 0.717) is 0 Å². The quantitative estimate of drug-likeness (QED) is 0.303. The molecule has 8 nitrogen and oxygen atoms in total. The third-order valence-electron chi connectivity index (χ3n) is 3.90. The average molecular weight is 442 g/mol. The summed E-state index contributed by atoms with van der Waals surface area (Å²) in [4.78, 5) is 26.4. The monoisotopic (exact) mass is 441 g/mol. The molecule has 30 heavy (non-hydrogen) atoms. The molecule has 0 radical (unpaired) electrons. The van der Waals surface area contributed by atoms with Crippen molar-refractivity contribution in [1.29, 1.82) is 0 Å². The molecule has 0 aliphatic heterocycles. The summed E-state index contributed by atoms with van der Waals surface area (Å²) in [6.45, 7) is 1.38. The largest absolute Gasteiger partial charge is 0.449 e. The second-order valence-electron chi connectivity index (χ2n) is 6.00. The van der Waals surface area contributed by atoms with E-state index >= 15 is 0 Å². The molecule has 12 heteroatoms. The molecule has 3 aromatic rings. The highest BCUT2D eigenvalue weighted by molar-refractivity contribution is 6.33. The Labute approximate surface area is 171 Å². The number of nitrogens with zero attached hydrogens (tertiary/aromatic N) is 3. The Kier molecular flexibility index (Phi) is 5.74. The van der Waals surface area contributed by atoms with Gasteiger partial charge in [0.1, 0.15) is 0 Å². The van der Waals surface area contributed by atoms with E-state index in [4.69, 9.17) is 20.9 Å². The summed E-state index contributed by atoms with van der Waals surface area (Å²) < 4.78 is 48.7. The van der Waals surface area contributed by atoms with Crippen LogP contribution in [0.2, 0.25) is 5.02 Å². The number of carbonyl (C=O) groups excluding carboxylic acids is 1. The molecule has 0 aliphatic rings. The first-order chi connectivity index (χ1) is 14.1. The molecule has 0 bridgehead atoms. The number of ether oxygens (including phenoxy) is 1. The number of non-ortho nitro benzene ring substituents is 1. The van der Waals surface area contributed by atoms with Gasteiger partial charge in [-0.25, -0.2) is 4.79 Å². The van der Waals surface area contributed by atoms with Crippen molar-refractivity contribution in [2.24, 2.45) is 0 Å². The smallest absolute Gasteiger partial charge is 0.416 e. The van der Waals surface area contributed by atoms with E-state index in [-0.39, 0.29) is 33.6 Å². The van der Waals surface area contributed by atoms with Crippen LogP contribution in [0.4, 0.5) is 18.9 Å². The van der Waals surface area contributed by atoms with Gasteiger partial charge in [0.05, 0.1) is 21.1 Å². The molecule has 0 fully saturated rings. The van der Waals surface area contributed by atoms with Gasteiger partial charge in [0, 0.05) is 17.7 Å². The van der Waals surface area contributed by atoms with Crippen molar-refractivity contribution in [3.8, 4) is 11.4 Å². The van der Waals surface area contributed by atoms with Gasteiger partial charge >= 0.3 is 12.1 Å². The minimum absolute atomic E-state index is 0.0556. The zero-order chi connectivity index (χ0) is 22.1. The minimum atomic E-state index is -4.54. The second kappa shape index (κ2) is 8.11. The Morgan fingerprint density at radius 2 is 2.00 bits per heavy atom. The van der Waals surface area contributed by atoms with Crippen molar-refractivity contribution in [2.75, 3.05) is 0 Å². The number of nitro benzene ring substituents is 1. The molecule has 1 heterocycles. The molecule has 0 saturated carbocycles. The summed E-state index contributed by atoms with van der Waals surface area (Å²) in [5, 5.41) is 14.4. The molecule has 1 atom stereocenters. The SMILES string of the molecule is CC(OC(=O)c1cc([N+](=O)[O-])ccc1Cl)c1nc(-c2cccc(C(F)(F)F)c2)no1. The van der Waals surface area contributed by atoms with Gasteiger partial charge in [-0.05, 0) is 25.1 Å². The first-order valence-corrected chi connectivity index (χ1v) is 8.60. The van der Waals surface area contributed by atoms with Crippen molar-refractivity contribution >= 4 is 23.3 Å². The predicted molar refractivity (Wildman–Crippen MR) is 96.7 cm³/mol. The van der Waals surface area contributed by atoms with Crippen LogP contribution in [0, 0.1) is 10.1 Å². The van der Waals surface area contributed by atoms with Gasteiger partial charge in [-0.1, -0.05) is 28.9 Å². The molecule has 0 saturated heterocycles. The number of aromatic nitrogens is 2. The molecule has 0 N–H and O–H groups in total. The number of alkyl halides is 3. The van der Waals surface area contributed by atoms with Crippen molar-refractivity contribution in [3.05, 3.63) is 74.6 Å². The molecular weight excluding hydrogens is 431 g/mol. The minimum Gasteiger partial charge on any atom is -0.449 e. The standard InChI is InChI=1S/C18H11ClF3N3O5/c1-9(29-17(26)13-8-12(25(27)28)5-6-14(13)19)16-23-15(24-30-16)10-3-2-4-11(7-10)18(20,21)22/h2-9H,1H3. The lowest BCUT2D eigenvalue weighted by atomic mass is 10.1. The lowest BCUT2D eigenvalue weighted by molar-refractivity contribution is -0.384. The number of rotatable bonds is 5. The van der Waals surface area contributed by atoms with E-state index < -0.39 is 28.7 Å². The van der Waals surface area contributed by atoms with Crippen LogP contribution in [0.25, 0.3) is 11.4 Å². The van der Waals surface area contributed by atoms with Crippen LogP contribution in [0.5, 0.6) is 0 Å². The number of hydrogen-bond acceptors (Lipinski definition) is 7. The van der Waals surface area contributed by atoms with Crippen LogP contribution in [-0.2, 0) is 10.9 Å².